The molecule has 5 N–H and O–H groups in total. The number of anilines is 2. The van der Waals surface area contributed by atoms with Gasteiger partial charge in [-0.2, -0.15) is 0 Å². The number of benzene rings is 3. The van der Waals surface area contributed by atoms with E-state index >= 15 is 0 Å². The van der Waals surface area contributed by atoms with Gasteiger partial charge in [0.05, 0.1) is 22.5 Å². The highest BCUT2D eigenvalue weighted by Gasteiger charge is 2.15. The Morgan fingerprint density at radius 2 is 1.24 bits per heavy atom. The van der Waals surface area contributed by atoms with Crippen LogP contribution in [0.4, 0.5) is 11.4 Å². The maximum absolute atomic E-state index is 12.5. The van der Waals surface area contributed by atoms with Crippen LogP contribution >= 0.6 is 23.2 Å². The zero-order valence-electron chi connectivity index (χ0n) is 14.7. The van der Waals surface area contributed by atoms with E-state index in [0.717, 1.165) is 0 Å². The molecule has 0 saturated carbocycles. The van der Waals surface area contributed by atoms with Gasteiger partial charge in [0.2, 0.25) is 0 Å². The van der Waals surface area contributed by atoms with Crippen molar-refractivity contribution in [2.45, 2.75) is 0 Å². The average Bonchev–Trinajstić information content (AvgIpc) is 2.70. The highest BCUT2D eigenvalue weighted by Crippen LogP contribution is 2.26. The molecule has 9 heteroatoms. The van der Waals surface area contributed by atoms with Gasteiger partial charge >= 0.3 is 0 Å². The smallest absolute Gasteiger partial charge is 0.273 e. The fourth-order valence-electron chi connectivity index (χ4n) is 2.46. The second-order valence-corrected chi connectivity index (χ2v) is 6.77. The standard InChI is InChI=1S/C20H15Cl2N3O4/c21-11-5-7-17(26)13(9-11)19(28)23-15-3-1-2-4-16(15)24-25-20(29)14-10-12(22)6-8-18(14)27/h1-10,24,26-27H,(H,23,28)(H,25,29). The number of halogens is 2. The van der Waals surface area contributed by atoms with Crippen molar-refractivity contribution >= 4 is 46.4 Å². The number of aromatic hydroxyl groups is 2. The van der Waals surface area contributed by atoms with Gasteiger partial charge in [0, 0.05) is 10.0 Å². The Morgan fingerprint density at radius 1 is 0.724 bits per heavy atom. The minimum Gasteiger partial charge on any atom is -0.507 e. The van der Waals surface area contributed by atoms with Gasteiger partial charge in [-0.3, -0.25) is 20.4 Å². The largest absolute Gasteiger partial charge is 0.507 e. The van der Waals surface area contributed by atoms with Crippen LogP contribution in [0.15, 0.2) is 60.7 Å². The third-order valence-corrected chi connectivity index (χ3v) is 4.36. The molecule has 3 aromatic rings. The number of para-hydroxylation sites is 2. The molecule has 0 aliphatic carbocycles. The lowest BCUT2D eigenvalue weighted by atomic mass is 10.1. The normalized spacial score (nSPS) is 10.3. The Labute approximate surface area is 175 Å². The van der Waals surface area contributed by atoms with Crippen LogP contribution in [-0.2, 0) is 0 Å². The third kappa shape index (κ3) is 4.90. The number of carbonyl (C=O) groups excluding carboxylic acids is 2. The molecule has 2 amide bonds. The second-order valence-electron chi connectivity index (χ2n) is 5.90. The van der Waals surface area contributed by atoms with Crippen LogP contribution in [0, 0.1) is 0 Å². The number of hydrazine groups is 1. The number of phenolic OH excluding ortho intramolecular Hbond substituents is 2. The average molecular weight is 432 g/mol. The van der Waals surface area contributed by atoms with Crippen LogP contribution in [0.3, 0.4) is 0 Å². The highest BCUT2D eigenvalue weighted by atomic mass is 35.5. The number of phenols is 2. The minimum atomic E-state index is -0.626. The van der Waals surface area contributed by atoms with E-state index in [0.29, 0.717) is 21.4 Å². The van der Waals surface area contributed by atoms with Crippen molar-refractivity contribution in [3.63, 3.8) is 0 Å². The predicted octanol–water partition coefficient (Wildman–Crippen LogP) is 4.41. The molecule has 0 saturated heterocycles. The highest BCUT2D eigenvalue weighted by molar-refractivity contribution is 6.31. The summed E-state index contributed by atoms with van der Waals surface area (Å²) in [6.07, 6.45) is 0. The zero-order chi connectivity index (χ0) is 21.0. The molecular weight excluding hydrogens is 417 g/mol. The molecule has 0 aromatic heterocycles. The molecule has 148 valence electrons. The molecule has 0 heterocycles. The Morgan fingerprint density at radius 3 is 1.83 bits per heavy atom. The maximum atomic E-state index is 12.5. The van der Waals surface area contributed by atoms with Gasteiger partial charge in [0.25, 0.3) is 11.8 Å². The molecule has 3 aromatic carbocycles. The van der Waals surface area contributed by atoms with Crippen LogP contribution < -0.4 is 16.2 Å². The summed E-state index contributed by atoms with van der Waals surface area (Å²) in [5.41, 5.74) is 5.81. The second kappa shape index (κ2) is 8.72. The predicted molar refractivity (Wildman–Crippen MR) is 112 cm³/mol. The molecule has 0 aliphatic rings. The molecule has 29 heavy (non-hydrogen) atoms. The molecule has 0 radical (unpaired) electrons. The summed E-state index contributed by atoms with van der Waals surface area (Å²) < 4.78 is 0. The molecule has 0 spiro atoms. The van der Waals surface area contributed by atoms with E-state index in [2.05, 4.69) is 16.2 Å². The lowest BCUT2D eigenvalue weighted by Crippen LogP contribution is -2.30. The van der Waals surface area contributed by atoms with E-state index in [-0.39, 0.29) is 22.6 Å². The lowest BCUT2D eigenvalue weighted by Gasteiger charge is -2.14. The van der Waals surface area contributed by atoms with Crippen molar-refractivity contribution in [1.29, 1.82) is 0 Å². The van der Waals surface area contributed by atoms with Crippen LogP contribution in [0.2, 0.25) is 10.0 Å². The molecule has 0 atom stereocenters. The summed E-state index contributed by atoms with van der Waals surface area (Å²) in [6, 6.07) is 14.8. The van der Waals surface area contributed by atoms with Crippen molar-refractivity contribution in [3.8, 4) is 11.5 Å². The summed E-state index contributed by atoms with van der Waals surface area (Å²) in [7, 11) is 0. The van der Waals surface area contributed by atoms with Crippen molar-refractivity contribution in [1.82, 2.24) is 5.43 Å². The van der Waals surface area contributed by atoms with Crippen molar-refractivity contribution in [2.24, 2.45) is 0 Å². The van der Waals surface area contributed by atoms with Crippen LogP contribution in [0.1, 0.15) is 20.7 Å². The summed E-state index contributed by atoms with van der Waals surface area (Å²) in [4.78, 5) is 24.8. The first-order valence-corrected chi connectivity index (χ1v) is 9.04. The van der Waals surface area contributed by atoms with Gasteiger partial charge in [-0.25, -0.2) is 0 Å². The van der Waals surface area contributed by atoms with Gasteiger partial charge in [-0.1, -0.05) is 35.3 Å². The maximum Gasteiger partial charge on any atom is 0.273 e. The molecule has 0 bridgehead atoms. The van der Waals surface area contributed by atoms with E-state index < -0.39 is 11.8 Å². The van der Waals surface area contributed by atoms with Gasteiger partial charge in [-0.15, -0.1) is 0 Å². The fraction of sp³-hybridized carbons (Fsp3) is 0. The SMILES string of the molecule is O=C(NNc1ccccc1NC(=O)c1cc(Cl)ccc1O)c1cc(Cl)ccc1O. The number of amides is 2. The first-order valence-electron chi connectivity index (χ1n) is 8.29. The minimum absolute atomic E-state index is 0.000174. The van der Waals surface area contributed by atoms with Crippen molar-refractivity contribution < 1.29 is 19.8 Å². The molecule has 7 nitrogen and oxygen atoms in total. The van der Waals surface area contributed by atoms with Crippen LogP contribution in [0.5, 0.6) is 11.5 Å². The van der Waals surface area contributed by atoms with E-state index in [1.54, 1.807) is 24.3 Å². The van der Waals surface area contributed by atoms with Crippen molar-refractivity contribution in [3.05, 3.63) is 81.8 Å². The van der Waals surface area contributed by atoms with E-state index in [4.69, 9.17) is 23.2 Å². The number of rotatable bonds is 5. The first-order chi connectivity index (χ1) is 13.8. The molecule has 0 fully saturated rings. The Hall–Kier alpha value is -3.42. The van der Waals surface area contributed by atoms with Crippen LogP contribution in [0.25, 0.3) is 0 Å². The van der Waals surface area contributed by atoms with Crippen molar-refractivity contribution in [2.75, 3.05) is 10.7 Å². The number of hydrogen-bond donors (Lipinski definition) is 5. The first kappa shape index (κ1) is 20.3. The van der Waals surface area contributed by atoms with Gasteiger partial charge < -0.3 is 15.5 Å². The third-order valence-electron chi connectivity index (χ3n) is 3.89. The quantitative estimate of drug-likeness (QED) is 0.384. The molecular formula is C20H15Cl2N3O4. The number of nitrogens with one attached hydrogen (secondary N) is 3. The van der Waals surface area contributed by atoms with E-state index in [9.17, 15) is 19.8 Å². The Kier molecular flexibility index (Phi) is 6.11. The topological polar surface area (TPSA) is 111 Å². The summed E-state index contributed by atoms with van der Waals surface area (Å²) >= 11 is 11.7. The Balaban J connectivity index is 1.75. The van der Waals surface area contributed by atoms with E-state index in [1.165, 1.54) is 36.4 Å². The van der Waals surface area contributed by atoms with Gasteiger partial charge in [0.1, 0.15) is 11.5 Å². The van der Waals surface area contributed by atoms with Gasteiger partial charge in [-0.05, 0) is 48.5 Å². The molecule has 0 aliphatic heterocycles. The summed E-state index contributed by atoms with van der Waals surface area (Å²) in [5.74, 6) is -1.66. The van der Waals surface area contributed by atoms with E-state index in [1.807, 2.05) is 0 Å². The number of hydrogen-bond acceptors (Lipinski definition) is 5. The summed E-state index contributed by atoms with van der Waals surface area (Å²) in [5, 5.41) is 22.9. The Bertz CT molecular complexity index is 1090. The van der Waals surface area contributed by atoms with Gasteiger partial charge in [0.15, 0.2) is 0 Å². The molecule has 0 unspecified atom stereocenters. The summed E-state index contributed by atoms with van der Waals surface area (Å²) in [6.45, 7) is 0. The zero-order valence-corrected chi connectivity index (χ0v) is 16.3. The number of carbonyl (C=O) groups is 2. The fourth-order valence-corrected chi connectivity index (χ4v) is 2.81. The lowest BCUT2D eigenvalue weighted by molar-refractivity contribution is 0.0959. The monoisotopic (exact) mass is 431 g/mol. The van der Waals surface area contributed by atoms with Crippen LogP contribution in [-0.4, -0.2) is 22.0 Å². The molecule has 3 rings (SSSR count).